The second kappa shape index (κ2) is 8.83. The first-order valence-corrected chi connectivity index (χ1v) is 8.57. The molecule has 28 heavy (non-hydrogen) atoms. The molecule has 3 N–H and O–H groups in total. The van der Waals surface area contributed by atoms with Gasteiger partial charge in [-0.1, -0.05) is 30.4 Å². The van der Waals surface area contributed by atoms with Crippen LogP contribution < -0.4 is 4.74 Å². The number of hydrogen-bond donors (Lipinski definition) is 3. The zero-order valence-electron chi connectivity index (χ0n) is 15.3. The first kappa shape index (κ1) is 19.1. The number of phenols is 2. The van der Waals surface area contributed by atoms with Crippen LogP contribution in [0.1, 0.15) is 28.1 Å². The Morgan fingerprint density at radius 1 is 0.821 bits per heavy atom. The summed E-state index contributed by atoms with van der Waals surface area (Å²) in [6, 6.07) is 12.0. The molecule has 2 aromatic carbocycles. The second-order valence-electron chi connectivity index (χ2n) is 6.01. The third kappa shape index (κ3) is 4.75. The van der Waals surface area contributed by atoms with Crippen molar-refractivity contribution in [3.05, 3.63) is 76.9 Å². The lowest BCUT2D eigenvalue weighted by atomic mass is 10.1. The molecule has 1 aromatic heterocycles. The van der Waals surface area contributed by atoms with E-state index in [-0.39, 0.29) is 18.1 Å². The summed E-state index contributed by atoms with van der Waals surface area (Å²) in [6.45, 7) is -0.205. The zero-order valence-corrected chi connectivity index (χ0v) is 15.3. The van der Waals surface area contributed by atoms with Crippen molar-refractivity contribution in [3.63, 3.8) is 0 Å². The lowest BCUT2D eigenvalue weighted by Crippen LogP contribution is -1.87. The van der Waals surface area contributed by atoms with Gasteiger partial charge in [-0.05, 0) is 47.5 Å². The number of hydrogen-bond acceptors (Lipinski definition) is 6. The van der Waals surface area contributed by atoms with Gasteiger partial charge >= 0.3 is 0 Å². The lowest BCUT2D eigenvalue weighted by Gasteiger charge is -2.03. The second-order valence-corrected chi connectivity index (χ2v) is 6.01. The largest absolute Gasteiger partial charge is 0.508 e. The number of aliphatic hydroxyl groups is 1. The molecule has 0 aliphatic heterocycles. The number of methoxy groups -OCH3 is 1. The molecule has 6 heteroatoms. The summed E-state index contributed by atoms with van der Waals surface area (Å²) >= 11 is 0. The summed E-state index contributed by atoms with van der Waals surface area (Å²) < 4.78 is 5.03. The average Bonchev–Trinajstić information content (AvgIpc) is 2.71. The van der Waals surface area contributed by atoms with Gasteiger partial charge in [0.2, 0.25) is 0 Å². The van der Waals surface area contributed by atoms with E-state index in [2.05, 4.69) is 9.97 Å². The van der Waals surface area contributed by atoms with E-state index in [9.17, 15) is 10.2 Å². The van der Waals surface area contributed by atoms with Crippen molar-refractivity contribution in [1.29, 1.82) is 0 Å². The van der Waals surface area contributed by atoms with Crippen molar-refractivity contribution in [3.8, 4) is 17.2 Å². The molecule has 3 aromatic rings. The number of aromatic nitrogens is 2. The summed E-state index contributed by atoms with van der Waals surface area (Å²) in [5.41, 5.74) is 3.50. The molecular weight excluding hydrogens is 356 g/mol. The Kier molecular flexibility index (Phi) is 6.04. The van der Waals surface area contributed by atoms with E-state index >= 15 is 0 Å². The van der Waals surface area contributed by atoms with Gasteiger partial charge in [0.25, 0.3) is 0 Å². The van der Waals surface area contributed by atoms with E-state index in [4.69, 9.17) is 9.84 Å². The molecule has 0 fully saturated rings. The highest BCUT2D eigenvalue weighted by molar-refractivity contribution is 5.72. The third-order valence-corrected chi connectivity index (χ3v) is 4.09. The number of ether oxygens (including phenoxy) is 1. The highest BCUT2D eigenvalue weighted by atomic mass is 16.5. The Balaban J connectivity index is 1.75. The van der Waals surface area contributed by atoms with Gasteiger partial charge in [0.05, 0.1) is 25.1 Å². The number of aliphatic hydroxyl groups excluding tert-OH is 1. The van der Waals surface area contributed by atoms with Gasteiger partial charge in [-0.3, -0.25) is 0 Å². The number of benzene rings is 2. The Labute approximate surface area is 162 Å². The monoisotopic (exact) mass is 376 g/mol. The smallest absolute Gasteiger partial charge is 0.160 e. The summed E-state index contributed by atoms with van der Waals surface area (Å²) in [7, 11) is 1.50. The number of aromatic hydroxyl groups is 2. The minimum Gasteiger partial charge on any atom is -0.508 e. The molecule has 0 atom stereocenters. The van der Waals surface area contributed by atoms with Crippen molar-refractivity contribution < 1.29 is 20.1 Å². The first-order valence-electron chi connectivity index (χ1n) is 8.57. The predicted molar refractivity (Wildman–Crippen MR) is 109 cm³/mol. The van der Waals surface area contributed by atoms with Gasteiger partial charge in [0.15, 0.2) is 11.5 Å². The van der Waals surface area contributed by atoms with E-state index in [1.54, 1.807) is 30.3 Å². The molecule has 3 rings (SSSR count). The van der Waals surface area contributed by atoms with Crippen molar-refractivity contribution in [2.24, 2.45) is 0 Å². The van der Waals surface area contributed by atoms with Crippen LogP contribution >= 0.6 is 0 Å². The summed E-state index contributed by atoms with van der Waals surface area (Å²) in [5, 5.41) is 28.7. The van der Waals surface area contributed by atoms with Crippen LogP contribution in [0.5, 0.6) is 17.2 Å². The molecule has 0 aliphatic rings. The normalized spacial score (nSPS) is 11.4. The molecule has 142 valence electrons. The molecule has 0 radical (unpaired) electrons. The fourth-order valence-corrected chi connectivity index (χ4v) is 2.56. The summed E-state index contributed by atoms with van der Waals surface area (Å²) in [6.07, 6.45) is 8.75. The Hall–Kier alpha value is -3.64. The van der Waals surface area contributed by atoms with Crippen molar-refractivity contribution in [1.82, 2.24) is 9.97 Å². The van der Waals surface area contributed by atoms with Crippen LogP contribution in [0.4, 0.5) is 0 Å². The number of phenolic OH excluding ortho intramolecular Hbond substituents is 1. The van der Waals surface area contributed by atoms with E-state index in [1.807, 2.05) is 36.4 Å². The first-order chi connectivity index (χ1) is 13.6. The van der Waals surface area contributed by atoms with Crippen molar-refractivity contribution >= 4 is 24.3 Å². The highest BCUT2D eigenvalue weighted by Gasteiger charge is 2.01. The quantitative estimate of drug-likeness (QED) is 0.607. The van der Waals surface area contributed by atoms with Crippen LogP contribution in [-0.2, 0) is 6.61 Å². The van der Waals surface area contributed by atoms with Crippen LogP contribution in [0.25, 0.3) is 24.3 Å². The van der Waals surface area contributed by atoms with Crippen LogP contribution in [0.2, 0.25) is 0 Å². The molecule has 0 saturated carbocycles. The third-order valence-electron chi connectivity index (χ3n) is 4.09. The predicted octanol–water partition coefficient (Wildman–Crippen LogP) is 3.73. The molecule has 0 aliphatic carbocycles. The SMILES string of the molecule is COc1ccc(/C=C/c2cc(/C=C/c3ccc(CO)c(O)c3)ncn2)cc1O. The van der Waals surface area contributed by atoms with Crippen LogP contribution in [-0.4, -0.2) is 32.4 Å². The van der Waals surface area contributed by atoms with Crippen LogP contribution in [0, 0.1) is 0 Å². The fourth-order valence-electron chi connectivity index (χ4n) is 2.56. The summed E-state index contributed by atoms with van der Waals surface area (Å²) in [5.74, 6) is 0.551. The molecule has 0 unspecified atom stereocenters. The van der Waals surface area contributed by atoms with Gasteiger partial charge in [0.1, 0.15) is 12.1 Å². The molecule has 6 nitrogen and oxygen atoms in total. The van der Waals surface area contributed by atoms with Crippen LogP contribution in [0.3, 0.4) is 0 Å². The Bertz CT molecular complexity index is 950. The molecule has 0 amide bonds. The standard InChI is InChI=1S/C22H20N2O4/c1-28-22-9-5-16(11-21(22)27)4-8-19-12-18(23-14-24-19)7-3-15-2-6-17(13-25)20(26)10-15/h2-12,14,25-27H,13H2,1H3/b7-3+,8-4+. The van der Waals surface area contributed by atoms with E-state index < -0.39 is 0 Å². The molecule has 1 heterocycles. The van der Waals surface area contributed by atoms with Gasteiger partial charge in [-0.25, -0.2) is 9.97 Å². The van der Waals surface area contributed by atoms with Gasteiger partial charge < -0.3 is 20.1 Å². The van der Waals surface area contributed by atoms with E-state index in [0.29, 0.717) is 22.7 Å². The van der Waals surface area contributed by atoms with Gasteiger partial charge in [0, 0.05) is 5.56 Å². The Morgan fingerprint density at radius 2 is 1.43 bits per heavy atom. The van der Waals surface area contributed by atoms with Crippen LogP contribution in [0.15, 0.2) is 48.8 Å². The average molecular weight is 376 g/mol. The number of nitrogens with zero attached hydrogens (tertiary/aromatic N) is 2. The fraction of sp³-hybridized carbons (Fsp3) is 0.0909. The molecule has 0 saturated heterocycles. The molecular formula is C22H20N2O4. The van der Waals surface area contributed by atoms with E-state index in [0.717, 1.165) is 11.1 Å². The van der Waals surface area contributed by atoms with Gasteiger partial charge in [-0.2, -0.15) is 0 Å². The van der Waals surface area contributed by atoms with Crippen molar-refractivity contribution in [2.45, 2.75) is 6.61 Å². The maximum atomic E-state index is 9.84. The summed E-state index contributed by atoms with van der Waals surface area (Å²) in [4.78, 5) is 8.43. The number of rotatable bonds is 6. The van der Waals surface area contributed by atoms with Gasteiger partial charge in [-0.15, -0.1) is 0 Å². The van der Waals surface area contributed by atoms with Crippen molar-refractivity contribution in [2.75, 3.05) is 7.11 Å². The minimum absolute atomic E-state index is 0.0544. The lowest BCUT2D eigenvalue weighted by molar-refractivity contribution is 0.275. The maximum absolute atomic E-state index is 9.84. The highest BCUT2D eigenvalue weighted by Crippen LogP contribution is 2.27. The zero-order chi connectivity index (χ0) is 19.9. The molecule has 0 bridgehead atoms. The Morgan fingerprint density at radius 3 is 1.96 bits per heavy atom. The minimum atomic E-state index is -0.205. The van der Waals surface area contributed by atoms with E-state index in [1.165, 1.54) is 13.4 Å². The molecule has 0 spiro atoms. The topological polar surface area (TPSA) is 95.7 Å². The maximum Gasteiger partial charge on any atom is 0.160 e.